The summed E-state index contributed by atoms with van der Waals surface area (Å²) in [5, 5.41) is 4.49. The lowest BCUT2D eigenvalue weighted by molar-refractivity contribution is -0.369. The largest absolute Gasteiger partial charge is 0.441 e. The molecule has 2 aromatic carbocycles. The zero-order valence-electron chi connectivity index (χ0n) is 17.0. The summed E-state index contributed by atoms with van der Waals surface area (Å²) in [5.74, 6) is 0. The van der Waals surface area contributed by atoms with Crippen molar-refractivity contribution in [1.82, 2.24) is 0 Å². The van der Waals surface area contributed by atoms with E-state index in [2.05, 4.69) is 10.6 Å². The van der Waals surface area contributed by atoms with Crippen molar-refractivity contribution in [2.45, 2.75) is 23.8 Å². The van der Waals surface area contributed by atoms with Crippen LogP contribution in [0.3, 0.4) is 0 Å². The standard InChI is InChI=1S/C20H20F6N4O/c1-29(2)11-5-7-15-13(9-11)17(19(21,22)23)28-16-8-6-12(30(3)4)10-14(16)18(27-15,31-17)20(24,25)26/h5-10,27-28H,1-4H3. The normalized spacial score (nSPS) is 24.5. The Balaban J connectivity index is 2.07. The third-order valence-corrected chi connectivity index (χ3v) is 5.52. The van der Waals surface area contributed by atoms with Crippen LogP contribution in [0.5, 0.6) is 0 Å². The van der Waals surface area contributed by atoms with Crippen LogP contribution in [0.15, 0.2) is 36.4 Å². The van der Waals surface area contributed by atoms with E-state index >= 15 is 0 Å². The van der Waals surface area contributed by atoms with Gasteiger partial charge in [-0.05, 0) is 36.4 Å². The highest BCUT2D eigenvalue weighted by Crippen LogP contribution is 2.61. The van der Waals surface area contributed by atoms with Crippen molar-refractivity contribution in [2.75, 3.05) is 48.6 Å². The van der Waals surface area contributed by atoms with Gasteiger partial charge >= 0.3 is 12.4 Å². The first-order chi connectivity index (χ1) is 14.2. The van der Waals surface area contributed by atoms with Crippen molar-refractivity contribution >= 4 is 22.7 Å². The van der Waals surface area contributed by atoms with E-state index in [9.17, 15) is 26.3 Å². The number of nitrogens with one attached hydrogen (secondary N) is 2. The van der Waals surface area contributed by atoms with E-state index in [1.54, 1.807) is 38.0 Å². The molecule has 0 aromatic heterocycles. The van der Waals surface area contributed by atoms with Gasteiger partial charge in [-0.3, -0.25) is 0 Å². The number of anilines is 4. The molecule has 5 nitrogen and oxygen atoms in total. The van der Waals surface area contributed by atoms with Crippen LogP contribution < -0.4 is 20.4 Å². The summed E-state index contributed by atoms with van der Waals surface area (Å²) >= 11 is 0. The molecule has 2 aliphatic heterocycles. The first-order valence-electron chi connectivity index (χ1n) is 9.25. The predicted molar refractivity (Wildman–Crippen MR) is 105 cm³/mol. The minimum Gasteiger partial charge on any atom is -0.378 e. The lowest BCUT2D eigenvalue weighted by Crippen LogP contribution is -2.67. The predicted octanol–water partition coefficient (Wildman–Crippen LogP) is 4.82. The van der Waals surface area contributed by atoms with Gasteiger partial charge in [-0.1, -0.05) is 0 Å². The Kier molecular flexibility index (Phi) is 4.38. The summed E-state index contributed by atoms with van der Waals surface area (Å²) in [5.41, 5.74) is -7.64. The fourth-order valence-electron chi connectivity index (χ4n) is 3.89. The number of hydrogen-bond donors (Lipinski definition) is 2. The number of benzene rings is 2. The molecule has 2 N–H and O–H groups in total. The molecule has 2 bridgehead atoms. The molecule has 2 heterocycles. The Morgan fingerprint density at radius 1 is 0.677 bits per heavy atom. The van der Waals surface area contributed by atoms with E-state index in [4.69, 9.17) is 4.74 Å². The van der Waals surface area contributed by atoms with Crippen LogP contribution in [-0.2, 0) is 16.2 Å². The van der Waals surface area contributed by atoms with Crippen molar-refractivity contribution in [3.63, 3.8) is 0 Å². The van der Waals surface area contributed by atoms with Crippen LogP contribution in [0.2, 0.25) is 0 Å². The Morgan fingerprint density at radius 3 is 1.32 bits per heavy atom. The Hall–Kier alpha value is -2.82. The maximum Gasteiger partial charge on any atom is 0.441 e. The summed E-state index contributed by atoms with van der Waals surface area (Å²) in [6, 6.07) is 7.63. The van der Waals surface area contributed by atoms with Gasteiger partial charge in [0.05, 0.1) is 0 Å². The first kappa shape index (κ1) is 21.4. The van der Waals surface area contributed by atoms with E-state index in [1.807, 2.05) is 0 Å². The zero-order chi connectivity index (χ0) is 23.0. The van der Waals surface area contributed by atoms with Crippen LogP contribution in [0.25, 0.3) is 0 Å². The number of rotatable bonds is 2. The lowest BCUT2D eigenvalue weighted by atomic mass is 9.86. The Bertz CT molecular complexity index is 954. The van der Waals surface area contributed by atoms with Crippen LogP contribution in [0.4, 0.5) is 49.1 Å². The number of ether oxygens (including phenoxy) is 1. The third-order valence-electron chi connectivity index (χ3n) is 5.52. The van der Waals surface area contributed by atoms with Crippen molar-refractivity contribution in [3.8, 4) is 0 Å². The van der Waals surface area contributed by atoms with Gasteiger partial charge in [-0.2, -0.15) is 26.3 Å². The zero-order valence-corrected chi connectivity index (χ0v) is 17.0. The molecule has 2 atom stereocenters. The highest BCUT2D eigenvalue weighted by atomic mass is 19.4. The molecule has 0 fully saturated rings. The molecule has 0 aliphatic carbocycles. The lowest BCUT2D eigenvalue weighted by Gasteiger charge is -2.54. The molecule has 11 heteroatoms. The smallest absolute Gasteiger partial charge is 0.378 e. The number of hydrogen-bond acceptors (Lipinski definition) is 5. The minimum atomic E-state index is -5.21. The molecule has 0 radical (unpaired) electrons. The number of fused-ring (bicyclic) bond motifs is 6. The van der Waals surface area contributed by atoms with Crippen LogP contribution in [0, 0.1) is 0 Å². The third kappa shape index (κ3) is 2.89. The molecule has 168 valence electrons. The van der Waals surface area contributed by atoms with Gasteiger partial charge in [-0.15, -0.1) is 0 Å². The Labute approximate surface area is 174 Å². The number of halogens is 6. The highest BCUT2D eigenvalue weighted by Gasteiger charge is 2.74. The topological polar surface area (TPSA) is 39.8 Å². The van der Waals surface area contributed by atoms with Gasteiger partial charge in [0.25, 0.3) is 11.4 Å². The SMILES string of the molecule is CN(C)c1ccc2c(c1)C1(C(F)(F)F)Nc3ccc(N(C)C)cc3C(C(F)(F)F)(N2)O1. The first-order valence-corrected chi connectivity index (χ1v) is 9.25. The molecule has 0 spiro atoms. The highest BCUT2D eigenvalue weighted by molar-refractivity contribution is 5.74. The summed E-state index contributed by atoms with van der Waals surface area (Å²) < 4.78 is 91.9. The molecule has 0 saturated heterocycles. The van der Waals surface area contributed by atoms with Crippen LogP contribution in [0.1, 0.15) is 11.1 Å². The van der Waals surface area contributed by atoms with Gasteiger partial charge in [0.15, 0.2) is 0 Å². The Morgan fingerprint density at radius 2 is 1.03 bits per heavy atom. The van der Waals surface area contributed by atoms with Gasteiger partial charge < -0.3 is 25.2 Å². The van der Waals surface area contributed by atoms with Crippen molar-refractivity contribution in [3.05, 3.63) is 47.5 Å². The van der Waals surface area contributed by atoms with Crippen molar-refractivity contribution < 1.29 is 31.1 Å². The van der Waals surface area contributed by atoms with E-state index < -0.39 is 34.9 Å². The van der Waals surface area contributed by atoms with Crippen LogP contribution in [-0.4, -0.2) is 40.5 Å². The molecule has 2 aliphatic rings. The van der Waals surface area contributed by atoms with E-state index in [0.717, 1.165) is 0 Å². The quantitative estimate of drug-likeness (QED) is 0.648. The fourth-order valence-corrected chi connectivity index (χ4v) is 3.89. The maximum atomic E-state index is 14.5. The fraction of sp³-hybridized carbons (Fsp3) is 0.400. The average Bonchev–Trinajstić information content (AvgIpc) is 2.65. The summed E-state index contributed by atoms with van der Waals surface area (Å²) in [6.45, 7) is 0. The van der Waals surface area contributed by atoms with Gasteiger partial charge in [-0.25, -0.2) is 0 Å². The van der Waals surface area contributed by atoms with Gasteiger partial charge in [0.2, 0.25) is 0 Å². The summed E-state index contributed by atoms with van der Waals surface area (Å²) in [7, 11) is 6.47. The molecule has 31 heavy (non-hydrogen) atoms. The van der Waals surface area contributed by atoms with Gasteiger partial charge in [0, 0.05) is 62.1 Å². The molecule has 0 amide bonds. The number of alkyl halides is 6. The molecule has 2 aromatic rings. The van der Waals surface area contributed by atoms with E-state index in [0.29, 0.717) is 11.4 Å². The van der Waals surface area contributed by atoms with E-state index in [-0.39, 0.29) is 11.4 Å². The second kappa shape index (κ2) is 6.35. The minimum absolute atomic E-state index is 0.320. The summed E-state index contributed by atoms with van der Waals surface area (Å²) in [6.07, 6.45) is -10.4. The maximum absolute atomic E-state index is 14.5. The molecule has 2 unspecified atom stereocenters. The second-order valence-corrected chi connectivity index (χ2v) is 7.96. The molecular weight excluding hydrogens is 426 g/mol. The second-order valence-electron chi connectivity index (χ2n) is 7.96. The summed E-state index contributed by atoms with van der Waals surface area (Å²) in [4.78, 5) is 3.10. The van der Waals surface area contributed by atoms with Gasteiger partial charge in [0.1, 0.15) is 0 Å². The molecule has 0 saturated carbocycles. The van der Waals surface area contributed by atoms with E-state index in [1.165, 1.54) is 36.4 Å². The monoisotopic (exact) mass is 446 g/mol. The van der Waals surface area contributed by atoms with Crippen LogP contribution >= 0.6 is 0 Å². The average molecular weight is 446 g/mol. The van der Waals surface area contributed by atoms with Crippen molar-refractivity contribution in [1.29, 1.82) is 0 Å². The number of nitrogens with zero attached hydrogens (tertiary/aromatic N) is 2. The molecule has 4 rings (SSSR count). The van der Waals surface area contributed by atoms with Crippen molar-refractivity contribution in [2.24, 2.45) is 0 Å². The molecular formula is C20H20F6N4O.